The fourth-order valence-electron chi connectivity index (χ4n) is 3.18. The zero-order valence-corrected chi connectivity index (χ0v) is 13.7. The molecule has 3 unspecified atom stereocenters. The second-order valence-corrected chi connectivity index (χ2v) is 6.63. The molecule has 0 bridgehead atoms. The molecule has 2 rings (SSSR count). The standard InChI is InChI=1S/C17H28N2O2/c1-12-6-5-7-16(14(12)3)18-17(20)11-19(4)10-15-9-8-13(2)21-15/h8-9,12,14,16H,5-7,10-11H2,1-4H3,(H,18,20). The molecule has 21 heavy (non-hydrogen) atoms. The molecular formula is C17H28N2O2. The topological polar surface area (TPSA) is 45.5 Å². The Morgan fingerprint density at radius 2 is 2.14 bits per heavy atom. The lowest BCUT2D eigenvalue weighted by atomic mass is 9.78. The number of likely N-dealkylation sites (N-methyl/N-ethyl adjacent to an activating group) is 1. The molecule has 1 saturated carbocycles. The van der Waals surface area contributed by atoms with Crippen molar-refractivity contribution in [3.63, 3.8) is 0 Å². The maximum absolute atomic E-state index is 12.2. The highest BCUT2D eigenvalue weighted by Gasteiger charge is 2.28. The highest BCUT2D eigenvalue weighted by Crippen LogP contribution is 2.29. The van der Waals surface area contributed by atoms with Crippen molar-refractivity contribution < 1.29 is 9.21 Å². The van der Waals surface area contributed by atoms with Crippen LogP contribution >= 0.6 is 0 Å². The van der Waals surface area contributed by atoms with Gasteiger partial charge in [0, 0.05) is 6.04 Å². The smallest absolute Gasteiger partial charge is 0.234 e. The van der Waals surface area contributed by atoms with E-state index in [-0.39, 0.29) is 5.91 Å². The molecule has 1 amide bonds. The number of rotatable bonds is 5. The molecule has 4 heteroatoms. The summed E-state index contributed by atoms with van der Waals surface area (Å²) in [4.78, 5) is 14.2. The number of carbonyl (C=O) groups is 1. The van der Waals surface area contributed by atoms with E-state index in [0.29, 0.717) is 31.0 Å². The largest absolute Gasteiger partial charge is 0.465 e. The number of furan rings is 1. The Labute approximate surface area is 127 Å². The van der Waals surface area contributed by atoms with Crippen molar-refractivity contribution in [1.82, 2.24) is 10.2 Å². The fourth-order valence-corrected chi connectivity index (χ4v) is 3.18. The van der Waals surface area contributed by atoms with Crippen molar-refractivity contribution in [1.29, 1.82) is 0 Å². The van der Waals surface area contributed by atoms with E-state index in [1.54, 1.807) is 0 Å². The predicted octanol–water partition coefficient (Wildman–Crippen LogP) is 2.96. The van der Waals surface area contributed by atoms with Crippen LogP contribution in [0, 0.1) is 18.8 Å². The first kappa shape index (κ1) is 16.1. The summed E-state index contributed by atoms with van der Waals surface area (Å²) in [6.45, 7) is 7.55. The van der Waals surface area contributed by atoms with Crippen molar-refractivity contribution in [2.75, 3.05) is 13.6 Å². The van der Waals surface area contributed by atoms with Crippen molar-refractivity contribution in [3.8, 4) is 0 Å². The lowest BCUT2D eigenvalue weighted by Crippen LogP contribution is -2.46. The third-order valence-corrected chi connectivity index (χ3v) is 4.69. The highest BCUT2D eigenvalue weighted by atomic mass is 16.3. The van der Waals surface area contributed by atoms with Gasteiger partial charge in [-0.15, -0.1) is 0 Å². The minimum Gasteiger partial charge on any atom is -0.465 e. The number of nitrogens with zero attached hydrogens (tertiary/aromatic N) is 1. The van der Waals surface area contributed by atoms with Crippen molar-refractivity contribution in [3.05, 3.63) is 23.7 Å². The lowest BCUT2D eigenvalue weighted by Gasteiger charge is -2.34. The maximum Gasteiger partial charge on any atom is 0.234 e. The van der Waals surface area contributed by atoms with Crippen molar-refractivity contribution in [2.45, 2.75) is 52.6 Å². The molecule has 0 aliphatic heterocycles. The van der Waals surface area contributed by atoms with Crippen LogP contribution in [0.2, 0.25) is 0 Å². The molecule has 1 aliphatic rings. The molecule has 118 valence electrons. The molecule has 1 aromatic rings. The first-order chi connectivity index (χ1) is 9.95. The van der Waals surface area contributed by atoms with Crippen LogP contribution in [0.3, 0.4) is 0 Å². The molecule has 1 heterocycles. The zero-order valence-electron chi connectivity index (χ0n) is 13.7. The molecule has 4 nitrogen and oxygen atoms in total. The third-order valence-electron chi connectivity index (χ3n) is 4.69. The number of aryl methyl sites for hydroxylation is 1. The summed E-state index contributed by atoms with van der Waals surface area (Å²) < 4.78 is 5.54. The van der Waals surface area contributed by atoms with Crippen LogP contribution in [0.15, 0.2) is 16.5 Å². The summed E-state index contributed by atoms with van der Waals surface area (Å²) in [7, 11) is 1.95. The SMILES string of the molecule is Cc1ccc(CN(C)CC(=O)NC2CCCC(C)C2C)o1. The van der Waals surface area contributed by atoms with Gasteiger partial charge in [-0.2, -0.15) is 0 Å². The highest BCUT2D eigenvalue weighted by molar-refractivity contribution is 5.78. The van der Waals surface area contributed by atoms with E-state index >= 15 is 0 Å². The Kier molecular flexibility index (Phi) is 5.45. The number of nitrogens with one attached hydrogen (secondary N) is 1. The Morgan fingerprint density at radius 1 is 1.38 bits per heavy atom. The number of amides is 1. The molecule has 3 atom stereocenters. The van der Waals surface area contributed by atoms with Crippen LogP contribution in [0.1, 0.15) is 44.6 Å². The summed E-state index contributed by atoms with van der Waals surface area (Å²) in [5, 5.41) is 3.21. The molecular weight excluding hydrogens is 264 g/mol. The van der Waals surface area contributed by atoms with Crippen LogP contribution in [-0.4, -0.2) is 30.4 Å². The van der Waals surface area contributed by atoms with Crippen molar-refractivity contribution in [2.24, 2.45) is 11.8 Å². The van der Waals surface area contributed by atoms with Gasteiger partial charge in [0.1, 0.15) is 11.5 Å². The van der Waals surface area contributed by atoms with Crippen LogP contribution < -0.4 is 5.32 Å². The van der Waals surface area contributed by atoms with Gasteiger partial charge in [-0.1, -0.05) is 26.7 Å². The van der Waals surface area contributed by atoms with Crippen molar-refractivity contribution >= 4 is 5.91 Å². The summed E-state index contributed by atoms with van der Waals surface area (Å²) in [6.07, 6.45) is 3.61. The van der Waals surface area contributed by atoms with Gasteiger partial charge >= 0.3 is 0 Å². The van der Waals surface area contributed by atoms with E-state index in [1.807, 2.05) is 31.0 Å². The van der Waals surface area contributed by atoms with Crippen LogP contribution in [0.4, 0.5) is 0 Å². The molecule has 1 fully saturated rings. The Morgan fingerprint density at radius 3 is 2.81 bits per heavy atom. The van der Waals surface area contributed by atoms with Crippen LogP contribution in [0.25, 0.3) is 0 Å². The number of carbonyl (C=O) groups excluding carboxylic acids is 1. The zero-order chi connectivity index (χ0) is 15.4. The summed E-state index contributed by atoms with van der Waals surface area (Å²) in [5.41, 5.74) is 0. The van der Waals surface area contributed by atoms with E-state index in [9.17, 15) is 4.79 Å². The molecule has 0 saturated heterocycles. The van der Waals surface area contributed by atoms with Crippen LogP contribution in [-0.2, 0) is 11.3 Å². The molecule has 1 aliphatic carbocycles. The average Bonchev–Trinajstić information content (AvgIpc) is 2.80. The van der Waals surface area contributed by atoms with E-state index in [4.69, 9.17) is 4.42 Å². The monoisotopic (exact) mass is 292 g/mol. The van der Waals surface area contributed by atoms with Gasteiger partial charge in [0.2, 0.25) is 5.91 Å². The first-order valence-electron chi connectivity index (χ1n) is 7.99. The van der Waals surface area contributed by atoms with E-state index in [2.05, 4.69) is 19.2 Å². The molecule has 1 N–H and O–H groups in total. The molecule has 0 radical (unpaired) electrons. The van der Waals surface area contributed by atoms with Gasteiger partial charge < -0.3 is 9.73 Å². The normalized spacial score (nSPS) is 26.0. The van der Waals surface area contributed by atoms with E-state index in [0.717, 1.165) is 17.9 Å². The lowest BCUT2D eigenvalue weighted by molar-refractivity contribution is -0.123. The van der Waals surface area contributed by atoms with Gasteiger partial charge in [0.25, 0.3) is 0 Å². The van der Waals surface area contributed by atoms with Crippen LogP contribution in [0.5, 0.6) is 0 Å². The minimum absolute atomic E-state index is 0.117. The minimum atomic E-state index is 0.117. The summed E-state index contributed by atoms with van der Waals surface area (Å²) >= 11 is 0. The third kappa shape index (κ3) is 4.60. The second-order valence-electron chi connectivity index (χ2n) is 6.63. The van der Waals surface area contributed by atoms with Gasteiger partial charge in [-0.3, -0.25) is 9.69 Å². The predicted molar refractivity (Wildman–Crippen MR) is 83.9 cm³/mol. The Hall–Kier alpha value is -1.29. The Balaban J connectivity index is 1.78. The Bertz CT molecular complexity index is 469. The maximum atomic E-state index is 12.2. The van der Waals surface area contributed by atoms with E-state index in [1.165, 1.54) is 12.8 Å². The van der Waals surface area contributed by atoms with Gasteiger partial charge in [0.15, 0.2) is 0 Å². The first-order valence-corrected chi connectivity index (χ1v) is 7.99. The van der Waals surface area contributed by atoms with Gasteiger partial charge in [0.05, 0.1) is 13.1 Å². The van der Waals surface area contributed by atoms with Gasteiger partial charge in [-0.25, -0.2) is 0 Å². The molecule has 0 spiro atoms. The van der Waals surface area contributed by atoms with E-state index < -0.39 is 0 Å². The molecule has 0 aromatic carbocycles. The van der Waals surface area contributed by atoms with Gasteiger partial charge in [-0.05, 0) is 44.4 Å². The second kappa shape index (κ2) is 7.12. The summed E-state index contributed by atoms with van der Waals surface area (Å²) in [6, 6.07) is 4.25. The fraction of sp³-hybridized carbons (Fsp3) is 0.706. The molecule has 1 aromatic heterocycles. The number of hydrogen-bond donors (Lipinski definition) is 1. The number of hydrogen-bond acceptors (Lipinski definition) is 3. The quantitative estimate of drug-likeness (QED) is 0.907. The summed E-state index contributed by atoms with van der Waals surface area (Å²) in [5.74, 6) is 3.20. The average molecular weight is 292 g/mol.